The van der Waals surface area contributed by atoms with Crippen molar-refractivity contribution >= 4 is 0 Å². The van der Waals surface area contributed by atoms with Crippen LogP contribution in [0.3, 0.4) is 0 Å². The Kier molecular flexibility index (Phi) is 111. The maximum Gasteiger partial charge on any atom is 0 e. The molecule has 1 atom stereocenters. The van der Waals surface area contributed by atoms with E-state index in [9.17, 15) is 0 Å². The van der Waals surface area contributed by atoms with Crippen molar-refractivity contribution in [2.24, 2.45) is 5.92 Å². The van der Waals surface area contributed by atoms with Crippen molar-refractivity contribution < 1.29 is 105 Å². The molecule has 0 aliphatic carbocycles. The summed E-state index contributed by atoms with van der Waals surface area (Å²) in [6.07, 6.45) is 1.19. The van der Waals surface area contributed by atoms with Gasteiger partial charge in [0.1, 0.15) is 0 Å². The maximum atomic E-state index is 3.76. The first kappa shape index (κ1) is 37.6. The average molecular weight is 990 g/mol. The predicted molar refractivity (Wildman–Crippen MR) is 24.8 cm³/mol. The quantitative estimate of drug-likeness (QED) is 0.353. The van der Waals surface area contributed by atoms with E-state index in [-0.39, 0.29) is 105 Å². The van der Waals surface area contributed by atoms with Crippen LogP contribution in [0.15, 0.2) is 0 Å². The van der Waals surface area contributed by atoms with Gasteiger partial charge in [0.05, 0.1) is 0 Å². The minimum Gasteiger partial charge on any atom is -0.341 e. The Morgan fingerprint density at radius 2 is 1.10 bits per heavy atom. The first-order valence-corrected chi connectivity index (χ1v) is 2.10. The van der Waals surface area contributed by atoms with Gasteiger partial charge in [0, 0.05) is 105 Å². The van der Waals surface area contributed by atoms with Gasteiger partial charge >= 0.3 is 0 Å². The summed E-state index contributed by atoms with van der Waals surface area (Å²) in [6.45, 7) is 8.00. The molecule has 0 nitrogen and oxygen atoms in total. The van der Waals surface area contributed by atoms with E-state index in [2.05, 4.69) is 20.8 Å². The third-order valence-electron chi connectivity index (χ3n) is 0.697. The van der Waals surface area contributed by atoms with Crippen LogP contribution < -0.4 is 0 Å². The molecule has 0 N–H and O–H groups in total. The molecule has 0 radical (unpaired) electrons. The molecular weight excluding hydrogens is 979 g/mol. The smallest absolute Gasteiger partial charge is 0 e. The fourth-order valence-electron chi connectivity index (χ4n) is 0. The van der Waals surface area contributed by atoms with Gasteiger partial charge in [-0.3, -0.25) is 0 Å². The Hall–Kier alpha value is 3.44. The van der Waals surface area contributed by atoms with Crippen molar-refractivity contribution in [3.05, 3.63) is 6.92 Å². The zero-order valence-electron chi connectivity index (χ0n) is 6.03. The summed E-state index contributed by atoms with van der Waals surface area (Å²) in [5.41, 5.74) is 0. The molecule has 0 aromatic rings. The van der Waals surface area contributed by atoms with Crippen molar-refractivity contribution in [3.63, 3.8) is 0 Å². The van der Waals surface area contributed by atoms with E-state index in [1.807, 2.05) is 0 Å². The van der Waals surface area contributed by atoms with Crippen LogP contribution >= 0.6 is 0 Å². The summed E-state index contributed by atoms with van der Waals surface area (Å²) < 4.78 is 0. The Morgan fingerprint density at radius 3 is 1.10 bits per heavy atom. The van der Waals surface area contributed by atoms with Crippen LogP contribution in [0.5, 0.6) is 0 Å². The molecule has 0 aromatic heterocycles. The van der Waals surface area contributed by atoms with E-state index in [1.54, 1.807) is 0 Å². The largest absolute Gasteiger partial charge is 0.341 e. The molecule has 0 aliphatic rings. The molecule has 62 valence electrons. The van der Waals surface area contributed by atoms with Gasteiger partial charge in [-0.15, -0.1) is 0 Å². The average Bonchev–Trinajstić information content (AvgIpc) is 1.38. The summed E-state index contributed by atoms with van der Waals surface area (Å²) in [4.78, 5) is 0. The summed E-state index contributed by atoms with van der Waals surface area (Å²) in [7, 11) is 0. The van der Waals surface area contributed by atoms with Gasteiger partial charge in [-0.05, 0) is 0 Å². The Bertz CT molecular complexity index is 24.0. The first-order valence-electron chi connectivity index (χ1n) is 2.10. The van der Waals surface area contributed by atoms with Crippen LogP contribution in [0.4, 0.5) is 0 Å². The number of hydrogen-bond acceptors (Lipinski definition) is 0. The minimum absolute atomic E-state index is 0. The zero-order valence-corrected chi connectivity index (χ0v) is 20.7. The summed E-state index contributed by atoms with van der Waals surface area (Å²) in [5, 5.41) is 0. The second-order valence-electron chi connectivity index (χ2n) is 1.51. The van der Waals surface area contributed by atoms with E-state index in [1.165, 1.54) is 6.42 Å². The van der Waals surface area contributed by atoms with E-state index < -0.39 is 0 Å². The predicted octanol–water partition coefficient (Wildman–Crippen LogP) is 1.85. The normalized spacial score (nSPS) is 7.50. The Morgan fingerprint density at radius 1 is 1.00 bits per heavy atom. The van der Waals surface area contributed by atoms with Crippen LogP contribution in [0.25, 0.3) is 0 Å². The van der Waals surface area contributed by atoms with E-state index in [4.69, 9.17) is 0 Å². The second-order valence-corrected chi connectivity index (χ2v) is 1.51. The van der Waals surface area contributed by atoms with Gasteiger partial charge in [-0.2, -0.15) is 5.92 Å². The van der Waals surface area contributed by atoms with Gasteiger partial charge in [-0.1, -0.05) is 20.3 Å². The molecule has 1 unspecified atom stereocenters. The van der Waals surface area contributed by atoms with Crippen LogP contribution in [0, 0.1) is 12.8 Å². The third kappa shape index (κ3) is 42.1. The molecule has 0 rings (SSSR count). The van der Waals surface area contributed by atoms with Crippen LogP contribution in [-0.4, -0.2) is 0 Å². The van der Waals surface area contributed by atoms with Crippen molar-refractivity contribution in [1.29, 1.82) is 0 Å². The van der Waals surface area contributed by atoms with Crippen LogP contribution in [-0.2, 0) is 105 Å². The van der Waals surface area contributed by atoms with Crippen molar-refractivity contribution in [3.8, 4) is 0 Å². The molecule has 0 saturated heterocycles. The minimum atomic E-state index is 0. The van der Waals surface area contributed by atoms with Gasteiger partial charge in [0.15, 0.2) is 0 Å². The molecule has 0 heterocycles. The van der Waals surface area contributed by atoms with E-state index in [0.29, 0.717) is 5.92 Å². The topological polar surface area (TPSA) is 0 Å². The Balaban J connectivity index is -0.00000000800. The maximum absolute atomic E-state index is 3.76. The number of hydrogen-bond donors (Lipinski definition) is 0. The van der Waals surface area contributed by atoms with Gasteiger partial charge in [-0.25, -0.2) is 0 Å². The summed E-state index contributed by atoms with van der Waals surface area (Å²) in [5.74, 6) is 0.634. The molecular formula is C5H11W5-. The van der Waals surface area contributed by atoms with Crippen molar-refractivity contribution in [2.75, 3.05) is 0 Å². The molecule has 0 aromatic carbocycles. The zero-order chi connectivity index (χ0) is 4.28. The monoisotopic (exact) mass is 991 g/mol. The fraction of sp³-hybridized carbons (Fsp3) is 0.800. The van der Waals surface area contributed by atoms with Gasteiger partial charge in [0.2, 0.25) is 0 Å². The SMILES string of the molecule is [CH2-]C(C)CC.[W].[W].[W].[W].[W]. The molecule has 0 fully saturated rings. The Labute approximate surface area is 136 Å². The molecule has 0 amide bonds. The molecule has 10 heavy (non-hydrogen) atoms. The van der Waals surface area contributed by atoms with Gasteiger partial charge in [0.25, 0.3) is 0 Å². The van der Waals surface area contributed by atoms with Crippen molar-refractivity contribution in [2.45, 2.75) is 20.3 Å². The van der Waals surface area contributed by atoms with E-state index in [0.717, 1.165) is 0 Å². The summed E-state index contributed by atoms with van der Waals surface area (Å²) in [6, 6.07) is 0. The molecule has 0 bridgehead atoms. The van der Waals surface area contributed by atoms with Crippen LogP contribution in [0.2, 0.25) is 0 Å². The molecule has 0 spiro atoms. The van der Waals surface area contributed by atoms with E-state index >= 15 is 0 Å². The van der Waals surface area contributed by atoms with Crippen LogP contribution in [0.1, 0.15) is 20.3 Å². The number of rotatable bonds is 1. The third-order valence-corrected chi connectivity index (χ3v) is 0.697. The van der Waals surface area contributed by atoms with Gasteiger partial charge < -0.3 is 6.92 Å². The standard InChI is InChI=1S/C5H11.5W/c1-4-5(2)3;;;;;/h5H,2,4H2,1,3H3;;;;;/q-1;;;;;. The van der Waals surface area contributed by atoms with Crippen molar-refractivity contribution in [1.82, 2.24) is 0 Å². The molecule has 0 saturated carbocycles. The second kappa shape index (κ2) is 29.4. The molecule has 5 heteroatoms. The molecule has 0 aliphatic heterocycles. The first-order chi connectivity index (χ1) is 2.27. The summed E-state index contributed by atoms with van der Waals surface area (Å²) >= 11 is 0. The fourth-order valence-corrected chi connectivity index (χ4v) is 0.